The molecule has 1 saturated carbocycles. The van der Waals surface area contributed by atoms with Crippen molar-refractivity contribution in [2.75, 3.05) is 5.32 Å². The quantitative estimate of drug-likeness (QED) is 0.860. The first-order chi connectivity index (χ1) is 10.2. The zero-order chi connectivity index (χ0) is 16.3. The minimum Gasteiger partial charge on any atom is -0.444 e. The van der Waals surface area contributed by atoms with Gasteiger partial charge in [0.05, 0.1) is 10.7 Å². The summed E-state index contributed by atoms with van der Waals surface area (Å²) in [5.74, 6) is 0. The molecule has 0 heterocycles. The molecule has 0 aliphatic heterocycles. The van der Waals surface area contributed by atoms with Crippen LogP contribution in [-0.4, -0.2) is 23.8 Å². The Bertz CT molecular complexity index is 540. The molecule has 0 aromatic heterocycles. The lowest BCUT2D eigenvalue weighted by Gasteiger charge is -2.22. The van der Waals surface area contributed by atoms with Crippen LogP contribution in [0.25, 0.3) is 0 Å². The summed E-state index contributed by atoms with van der Waals surface area (Å²) in [4.78, 5) is 11.8. The van der Waals surface area contributed by atoms with Crippen LogP contribution >= 0.6 is 11.6 Å². The van der Waals surface area contributed by atoms with Crippen molar-refractivity contribution in [3.8, 4) is 0 Å². The summed E-state index contributed by atoms with van der Waals surface area (Å²) in [6, 6.07) is 6.42. The summed E-state index contributed by atoms with van der Waals surface area (Å²) in [5, 5.41) is 7.15. The zero-order valence-electron chi connectivity index (χ0n) is 13.7. The third kappa shape index (κ3) is 5.09. The summed E-state index contributed by atoms with van der Waals surface area (Å²) in [6.07, 6.45) is 2.49. The van der Waals surface area contributed by atoms with Crippen LogP contribution in [0.2, 0.25) is 5.02 Å². The number of aryl methyl sites for hydroxylation is 1. The number of anilines is 1. The lowest BCUT2D eigenvalue weighted by atomic mass is 10.2. The maximum atomic E-state index is 11.8. The molecule has 1 aliphatic carbocycles. The molecule has 0 radical (unpaired) electrons. The monoisotopic (exact) mass is 324 g/mol. The second kappa shape index (κ2) is 6.78. The summed E-state index contributed by atoms with van der Waals surface area (Å²) in [5.41, 5.74) is 1.67. The van der Waals surface area contributed by atoms with E-state index in [0.29, 0.717) is 6.04 Å². The Morgan fingerprint density at radius 3 is 2.64 bits per heavy atom. The van der Waals surface area contributed by atoms with Crippen molar-refractivity contribution in [1.29, 1.82) is 0 Å². The van der Waals surface area contributed by atoms with E-state index in [9.17, 15) is 4.79 Å². The van der Waals surface area contributed by atoms with E-state index in [1.165, 1.54) is 5.56 Å². The molecule has 122 valence electrons. The second-order valence-corrected chi connectivity index (χ2v) is 7.39. The second-order valence-electron chi connectivity index (χ2n) is 6.98. The molecule has 2 unspecified atom stereocenters. The highest BCUT2D eigenvalue weighted by molar-refractivity contribution is 6.33. The predicted molar refractivity (Wildman–Crippen MR) is 90.6 cm³/mol. The van der Waals surface area contributed by atoms with Crippen LogP contribution in [0.4, 0.5) is 10.5 Å². The van der Waals surface area contributed by atoms with Gasteiger partial charge in [-0.05, 0) is 64.7 Å². The highest BCUT2D eigenvalue weighted by Crippen LogP contribution is 2.28. The van der Waals surface area contributed by atoms with Crippen LogP contribution in [0.15, 0.2) is 18.2 Å². The highest BCUT2D eigenvalue weighted by Gasteiger charge is 2.27. The number of carbonyl (C=O) groups is 1. The highest BCUT2D eigenvalue weighted by atomic mass is 35.5. The predicted octanol–water partition coefficient (Wildman–Crippen LogP) is 4.51. The van der Waals surface area contributed by atoms with Crippen LogP contribution in [0, 0.1) is 6.92 Å². The maximum Gasteiger partial charge on any atom is 0.407 e. The smallest absolute Gasteiger partial charge is 0.407 e. The van der Waals surface area contributed by atoms with E-state index in [1.807, 2.05) is 39.8 Å². The number of rotatable bonds is 3. The summed E-state index contributed by atoms with van der Waals surface area (Å²) in [6.45, 7) is 7.64. The molecular formula is C17H25ClN2O2. The van der Waals surface area contributed by atoms with Gasteiger partial charge in [-0.3, -0.25) is 0 Å². The largest absolute Gasteiger partial charge is 0.444 e. The Kier molecular flexibility index (Phi) is 5.22. The molecule has 1 aliphatic rings. The minimum atomic E-state index is -0.463. The van der Waals surface area contributed by atoms with Gasteiger partial charge < -0.3 is 15.4 Å². The van der Waals surface area contributed by atoms with E-state index in [-0.39, 0.29) is 12.1 Å². The van der Waals surface area contributed by atoms with Gasteiger partial charge in [-0.15, -0.1) is 0 Å². The van der Waals surface area contributed by atoms with Crippen molar-refractivity contribution in [2.24, 2.45) is 0 Å². The lowest BCUT2D eigenvalue weighted by Crippen LogP contribution is -2.38. The first-order valence-electron chi connectivity index (χ1n) is 7.75. The van der Waals surface area contributed by atoms with Crippen molar-refractivity contribution in [3.63, 3.8) is 0 Å². The maximum absolute atomic E-state index is 11.8. The molecule has 0 spiro atoms. The van der Waals surface area contributed by atoms with E-state index in [1.54, 1.807) is 0 Å². The molecule has 5 heteroatoms. The third-order valence-corrected chi connectivity index (χ3v) is 3.96. The molecule has 0 bridgehead atoms. The number of halogens is 1. The first-order valence-corrected chi connectivity index (χ1v) is 8.13. The van der Waals surface area contributed by atoms with E-state index >= 15 is 0 Å². The van der Waals surface area contributed by atoms with Gasteiger partial charge in [0.1, 0.15) is 5.60 Å². The van der Waals surface area contributed by atoms with Gasteiger partial charge in [0, 0.05) is 12.1 Å². The van der Waals surface area contributed by atoms with Gasteiger partial charge in [0.25, 0.3) is 0 Å². The van der Waals surface area contributed by atoms with Crippen LogP contribution < -0.4 is 10.6 Å². The summed E-state index contributed by atoms with van der Waals surface area (Å²) < 4.78 is 5.30. The molecule has 1 aromatic carbocycles. The standard InChI is InChI=1S/C17H25ClN2O2/c1-11-5-8-14(18)15(9-11)19-12-6-7-13(10-12)20-16(21)22-17(2,3)4/h5,8-9,12-13,19H,6-7,10H2,1-4H3,(H,20,21). The van der Waals surface area contributed by atoms with E-state index in [4.69, 9.17) is 16.3 Å². The van der Waals surface area contributed by atoms with E-state index < -0.39 is 5.60 Å². The van der Waals surface area contributed by atoms with Crippen molar-refractivity contribution >= 4 is 23.4 Å². The van der Waals surface area contributed by atoms with Gasteiger partial charge >= 0.3 is 6.09 Å². The lowest BCUT2D eigenvalue weighted by molar-refractivity contribution is 0.0505. The summed E-state index contributed by atoms with van der Waals surface area (Å²) in [7, 11) is 0. The SMILES string of the molecule is Cc1ccc(Cl)c(NC2CCC(NC(=O)OC(C)(C)C)C2)c1. The molecule has 0 saturated heterocycles. The van der Waals surface area contributed by atoms with Crippen molar-refractivity contribution < 1.29 is 9.53 Å². The number of hydrogen-bond acceptors (Lipinski definition) is 3. The molecule has 2 N–H and O–H groups in total. The van der Waals surface area contributed by atoms with Gasteiger partial charge in [-0.2, -0.15) is 0 Å². The first kappa shape index (κ1) is 16.9. The van der Waals surface area contributed by atoms with Crippen LogP contribution in [0.3, 0.4) is 0 Å². The number of nitrogens with one attached hydrogen (secondary N) is 2. The average Bonchev–Trinajstić information content (AvgIpc) is 2.78. The van der Waals surface area contributed by atoms with Gasteiger partial charge in [-0.1, -0.05) is 17.7 Å². The molecule has 1 amide bonds. The number of ether oxygens (including phenoxy) is 1. The van der Waals surface area contributed by atoms with Gasteiger partial charge in [0.15, 0.2) is 0 Å². The Hall–Kier alpha value is -1.42. The van der Waals surface area contributed by atoms with E-state index in [0.717, 1.165) is 30.0 Å². The number of amides is 1. The Labute approximate surface area is 137 Å². The van der Waals surface area contributed by atoms with Gasteiger partial charge in [-0.25, -0.2) is 4.79 Å². The third-order valence-electron chi connectivity index (χ3n) is 3.63. The Balaban J connectivity index is 1.85. The molecule has 1 aromatic rings. The fourth-order valence-electron chi connectivity index (χ4n) is 2.69. The topological polar surface area (TPSA) is 50.4 Å². The zero-order valence-corrected chi connectivity index (χ0v) is 14.5. The van der Waals surface area contributed by atoms with Crippen molar-refractivity contribution in [1.82, 2.24) is 5.32 Å². The molecule has 22 heavy (non-hydrogen) atoms. The van der Waals surface area contributed by atoms with Crippen LogP contribution in [-0.2, 0) is 4.74 Å². The number of benzene rings is 1. The Morgan fingerprint density at radius 1 is 1.27 bits per heavy atom. The van der Waals surface area contributed by atoms with Crippen LogP contribution in [0.5, 0.6) is 0 Å². The fraction of sp³-hybridized carbons (Fsp3) is 0.588. The number of alkyl carbamates (subject to hydrolysis) is 1. The van der Waals surface area contributed by atoms with E-state index in [2.05, 4.69) is 16.7 Å². The minimum absolute atomic E-state index is 0.149. The number of carbonyl (C=O) groups excluding carboxylic acids is 1. The average molecular weight is 325 g/mol. The van der Waals surface area contributed by atoms with Crippen molar-refractivity contribution in [3.05, 3.63) is 28.8 Å². The fourth-order valence-corrected chi connectivity index (χ4v) is 2.86. The van der Waals surface area contributed by atoms with Crippen LogP contribution in [0.1, 0.15) is 45.6 Å². The molecule has 2 rings (SSSR count). The molecule has 1 fully saturated rings. The van der Waals surface area contributed by atoms with Crippen molar-refractivity contribution in [2.45, 2.75) is 64.6 Å². The molecule has 4 nitrogen and oxygen atoms in total. The summed E-state index contributed by atoms with van der Waals surface area (Å²) >= 11 is 6.22. The number of hydrogen-bond donors (Lipinski definition) is 2. The normalized spacial score (nSPS) is 21.5. The molecule has 2 atom stereocenters. The molecular weight excluding hydrogens is 300 g/mol. The van der Waals surface area contributed by atoms with Gasteiger partial charge in [0.2, 0.25) is 0 Å². The Morgan fingerprint density at radius 2 is 1.95 bits per heavy atom.